The van der Waals surface area contributed by atoms with Gasteiger partial charge >= 0.3 is 6.30 Å². The maximum absolute atomic E-state index is 12.2. The lowest BCUT2D eigenvalue weighted by Crippen LogP contribution is -2.50. The molecular formula is C10H11F3N5S+. The highest BCUT2D eigenvalue weighted by atomic mass is 32.2. The second-order valence-corrected chi connectivity index (χ2v) is 4.20. The van der Waals surface area contributed by atoms with Gasteiger partial charge in [0.05, 0.1) is 6.21 Å². The molecule has 0 unspecified atom stereocenters. The first kappa shape index (κ1) is 15.2. The van der Waals surface area contributed by atoms with Crippen molar-refractivity contribution >= 4 is 23.1 Å². The van der Waals surface area contributed by atoms with Crippen molar-refractivity contribution in [3.8, 4) is 0 Å². The molecule has 0 saturated carbocycles. The van der Waals surface area contributed by atoms with Gasteiger partial charge in [-0.3, -0.25) is 0 Å². The van der Waals surface area contributed by atoms with Crippen molar-refractivity contribution in [2.75, 3.05) is 5.75 Å². The lowest BCUT2D eigenvalue weighted by molar-refractivity contribution is -0.896. The maximum atomic E-state index is 12.2. The van der Waals surface area contributed by atoms with Gasteiger partial charge < -0.3 is 5.73 Å². The summed E-state index contributed by atoms with van der Waals surface area (Å²) in [7, 11) is 0. The Morgan fingerprint density at radius 1 is 1.58 bits per heavy atom. The van der Waals surface area contributed by atoms with Gasteiger partial charge in [-0.25, -0.2) is 0 Å². The monoisotopic (exact) mass is 290 g/mol. The molecule has 0 radical (unpaired) electrons. The Morgan fingerprint density at radius 3 is 2.84 bits per heavy atom. The predicted octanol–water partition coefficient (Wildman–Crippen LogP) is 1.41. The lowest BCUT2D eigenvalue weighted by atomic mass is 10.3. The fraction of sp³-hybridized carbons (Fsp3) is 0.200. The van der Waals surface area contributed by atoms with Crippen molar-refractivity contribution in [3.05, 3.63) is 36.7 Å². The molecule has 0 bridgehead atoms. The van der Waals surface area contributed by atoms with Gasteiger partial charge in [0.15, 0.2) is 5.17 Å². The minimum Gasteiger partial charge on any atom is -0.377 e. The van der Waals surface area contributed by atoms with Crippen LogP contribution in [0.15, 0.2) is 41.3 Å². The summed E-state index contributed by atoms with van der Waals surface area (Å²) in [6, 6.07) is 1.21. The van der Waals surface area contributed by atoms with E-state index in [1.807, 2.05) is 0 Å². The van der Waals surface area contributed by atoms with Crippen LogP contribution in [-0.2, 0) is 6.30 Å². The average molecular weight is 290 g/mol. The number of hydrogen-bond acceptors (Lipinski definition) is 4. The maximum Gasteiger partial charge on any atom is 0.662 e. The largest absolute Gasteiger partial charge is 0.662 e. The Balaban J connectivity index is 2.65. The molecular weight excluding hydrogens is 279 g/mol. The van der Waals surface area contributed by atoms with Crippen molar-refractivity contribution < 1.29 is 17.9 Å². The third kappa shape index (κ3) is 5.51. The summed E-state index contributed by atoms with van der Waals surface area (Å²) in [6.07, 6.45) is 0.211. The normalized spacial score (nSPS) is 12.9. The molecule has 5 nitrogen and oxygen atoms in total. The Bertz CT molecular complexity index is 481. The molecule has 0 atom stereocenters. The zero-order valence-corrected chi connectivity index (χ0v) is 10.5. The third-order valence-electron chi connectivity index (χ3n) is 1.71. The van der Waals surface area contributed by atoms with Crippen LogP contribution >= 0.6 is 11.8 Å². The van der Waals surface area contributed by atoms with Crippen molar-refractivity contribution in [2.45, 2.75) is 6.30 Å². The van der Waals surface area contributed by atoms with Gasteiger partial charge in [0.2, 0.25) is 6.20 Å². The summed E-state index contributed by atoms with van der Waals surface area (Å²) < 4.78 is 36.5. The van der Waals surface area contributed by atoms with E-state index in [2.05, 4.69) is 21.9 Å². The summed E-state index contributed by atoms with van der Waals surface area (Å²) in [6.45, 7) is 3.52. The smallest absolute Gasteiger partial charge is 0.377 e. The fourth-order valence-electron chi connectivity index (χ4n) is 0.919. The quantitative estimate of drug-likeness (QED) is 0.300. The SMILES string of the molecule is C=CCS/C(N)=N\N=C\c1cc[n+](C(F)(F)F)nc1. The Morgan fingerprint density at radius 2 is 2.32 bits per heavy atom. The van der Waals surface area contributed by atoms with E-state index in [4.69, 9.17) is 5.73 Å². The molecule has 0 saturated heterocycles. The number of thioether (sulfide) groups is 1. The molecule has 2 N–H and O–H groups in total. The molecule has 9 heteroatoms. The second-order valence-electron chi connectivity index (χ2n) is 3.16. The highest BCUT2D eigenvalue weighted by Gasteiger charge is 2.43. The van der Waals surface area contributed by atoms with E-state index in [1.165, 1.54) is 24.0 Å². The molecule has 0 amide bonds. The van der Waals surface area contributed by atoms with Crippen LogP contribution in [0.4, 0.5) is 13.2 Å². The van der Waals surface area contributed by atoms with Crippen LogP contribution in [0.25, 0.3) is 0 Å². The molecule has 0 aliphatic carbocycles. The number of hydrogen-bond donors (Lipinski definition) is 1. The van der Waals surface area contributed by atoms with Crippen LogP contribution in [0.3, 0.4) is 0 Å². The molecule has 102 valence electrons. The first-order valence-electron chi connectivity index (χ1n) is 4.99. The summed E-state index contributed by atoms with van der Waals surface area (Å²) in [5.74, 6) is 0.601. The van der Waals surface area contributed by atoms with E-state index in [1.54, 1.807) is 6.08 Å². The van der Waals surface area contributed by atoms with Gasteiger partial charge in [0.1, 0.15) is 6.20 Å². The number of rotatable bonds is 4. The van der Waals surface area contributed by atoms with Crippen LogP contribution in [0, 0.1) is 0 Å². The number of aromatic nitrogens is 2. The number of alkyl halides is 3. The van der Waals surface area contributed by atoms with Gasteiger partial charge in [-0.2, -0.15) is 5.10 Å². The van der Waals surface area contributed by atoms with Gasteiger partial charge in [0.25, 0.3) is 0 Å². The minimum absolute atomic E-state index is 0.109. The van der Waals surface area contributed by atoms with E-state index in [9.17, 15) is 13.2 Å². The van der Waals surface area contributed by atoms with E-state index in [-0.39, 0.29) is 9.85 Å². The molecule has 0 fully saturated rings. The van der Waals surface area contributed by atoms with Crippen LogP contribution in [0.2, 0.25) is 0 Å². The summed E-state index contributed by atoms with van der Waals surface area (Å²) in [5, 5.41) is 10.7. The summed E-state index contributed by atoms with van der Waals surface area (Å²) in [4.78, 5) is 0. The lowest BCUT2D eigenvalue weighted by Gasteiger charge is -1.96. The molecule has 0 spiro atoms. The minimum atomic E-state index is -4.53. The van der Waals surface area contributed by atoms with Gasteiger partial charge in [0, 0.05) is 27.2 Å². The van der Waals surface area contributed by atoms with Crippen LogP contribution in [0.1, 0.15) is 5.56 Å². The van der Waals surface area contributed by atoms with Gasteiger partial charge in [-0.05, 0) is 0 Å². The van der Waals surface area contributed by atoms with E-state index in [0.717, 1.165) is 12.4 Å². The van der Waals surface area contributed by atoms with Gasteiger partial charge in [-0.15, -0.1) is 24.9 Å². The topological polar surface area (TPSA) is 67.5 Å². The Kier molecular flexibility index (Phi) is 5.49. The fourth-order valence-corrected chi connectivity index (χ4v) is 1.31. The highest BCUT2D eigenvalue weighted by Crippen LogP contribution is 2.11. The summed E-state index contributed by atoms with van der Waals surface area (Å²) >= 11 is 1.24. The first-order valence-corrected chi connectivity index (χ1v) is 5.97. The van der Waals surface area contributed by atoms with E-state index in [0.29, 0.717) is 11.3 Å². The molecule has 1 aromatic heterocycles. The van der Waals surface area contributed by atoms with Crippen molar-refractivity contribution in [1.29, 1.82) is 0 Å². The summed E-state index contributed by atoms with van der Waals surface area (Å²) in [5.41, 5.74) is 5.87. The zero-order chi connectivity index (χ0) is 14.3. The van der Waals surface area contributed by atoms with E-state index < -0.39 is 6.30 Å². The molecule has 0 aromatic carbocycles. The average Bonchev–Trinajstić information content (AvgIpc) is 2.36. The van der Waals surface area contributed by atoms with Crippen molar-refractivity contribution in [1.82, 2.24) is 5.10 Å². The zero-order valence-electron chi connectivity index (χ0n) is 9.71. The van der Waals surface area contributed by atoms with Gasteiger partial charge in [-0.1, -0.05) is 17.8 Å². The molecule has 1 rings (SSSR count). The molecule has 1 heterocycles. The highest BCUT2D eigenvalue weighted by molar-refractivity contribution is 8.13. The molecule has 0 aliphatic heterocycles. The Hall–Kier alpha value is -1.90. The third-order valence-corrected chi connectivity index (χ3v) is 2.49. The number of halogens is 3. The van der Waals surface area contributed by atoms with E-state index >= 15 is 0 Å². The molecule has 0 aliphatic rings. The van der Waals surface area contributed by atoms with Crippen LogP contribution in [0.5, 0.6) is 0 Å². The standard InChI is InChI=1S/C10H10F3N5S/c1-2-5-19-9(14)17-15-6-8-3-4-18(16-7-8)10(11,12)13/h2-4,6-7,14H,1,5H2/p+1. The number of nitrogens with zero attached hydrogens (tertiary/aromatic N) is 4. The first-order chi connectivity index (χ1) is 8.93. The van der Waals surface area contributed by atoms with Crippen molar-refractivity contribution in [3.63, 3.8) is 0 Å². The molecule has 1 aromatic rings. The number of amidine groups is 1. The second kappa shape index (κ2) is 6.88. The number of nitrogens with two attached hydrogens (primary N) is 1. The predicted molar refractivity (Wildman–Crippen MR) is 67.6 cm³/mol. The Labute approximate surface area is 111 Å². The van der Waals surface area contributed by atoms with Crippen LogP contribution in [-0.4, -0.2) is 22.2 Å². The van der Waals surface area contributed by atoms with Crippen molar-refractivity contribution in [2.24, 2.45) is 15.9 Å². The molecule has 19 heavy (non-hydrogen) atoms. The van der Waals surface area contributed by atoms with Crippen LogP contribution < -0.4 is 10.4 Å².